The number of benzene rings is 1. The first kappa shape index (κ1) is 30.0. The van der Waals surface area contributed by atoms with Gasteiger partial charge in [0.15, 0.2) is 5.78 Å². The van der Waals surface area contributed by atoms with Crippen molar-refractivity contribution in [2.24, 2.45) is 18.0 Å². The van der Waals surface area contributed by atoms with Crippen molar-refractivity contribution >= 4 is 12.0 Å². The fraction of sp³-hybridized carbons (Fsp3) is 0.500. The lowest BCUT2D eigenvalue weighted by molar-refractivity contribution is -0.190. The maximum absolute atomic E-state index is 13.8. The zero-order chi connectivity index (χ0) is 27.9. The number of nitrogens with zero attached hydrogens (tertiary/aromatic N) is 5. The van der Waals surface area contributed by atoms with E-state index in [-0.39, 0.29) is 23.0 Å². The maximum atomic E-state index is 13.8. The van der Waals surface area contributed by atoms with Crippen LogP contribution in [0.5, 0.6) is 0 Å². The zero-order valence-corrected chi connectivity index (χ0v) is 21.1. The quantitative estimate of drug-likeness (QED) is 0.274. The van der Waals surface area contributed by atoms with Crippen LogP contribution in [0, 0.1) is 11.7 Å². The molecule has 0 amide bonds. The Hall–Kier alpha value is -3.22. The Morgan fingerprint density at radius 1 is 1.27 bits per heavy atom. The number of rotatable bonds is 8. The smallest absolute Gasteiger partial charge is 0.365 e. The van der Waals surface area contributed by atoms with Gasteiger partial charge in [-0.1, -0.05) is 26.0 Å². The Morgan fingerprint density at radius 2 is 1.92 bits per heavy atom. The Morgan fingerprint density at radius 3 is 2.41 bits per heavy atom. The van der Waals surface area contributed by atoms with Crippen LogP contribution in [-0.4, -0.2) is 64.7 Å². The van der Waals surface area contributed by atoms with E-state index in [9.17, 15) is 31.1 Å². The summed E-state index contributed by atoms with van der Waals surface area (Å²) in [6, 6.07) is 2.40. The number of likely N-dealkylation sites (tertiary alicyclic amines) is 1. The molecule has 2 heterocycles. The fourth-order valence-corrected chi connectivity index (χ4v) is 3.40. The van der Waals surface area contributed by atoms with Crippen molar-refractivity contribution in [3.05, 3.63) is 47.0 Å². The molecule has 1 saturated heterocycles. The SMILES string of the molecule is CCc1c(-c2ccc(C(F)(F)F)cc2F)nnn1C.CN=C/C(=C\C(=O)C(C)C)N1CC(OC(F)F)C1. The Kier molecular flexibility index (Phi) is 10.4. The molecule has 37 heavy (non-hydrogen) atoms. The van der Waals surface area contributed by atoms with Crippen molar-refractivity contribution in [1.82, 2.24) is 19.9 Å². The highest BCUT2D eigenvalue weighted by molar-refractivity contribution is 5.96. The van der Waals surface area contributed by atoms with Gasteiger partial charge in [0.25, 0.3) is 0 Å². The molecule has 2 aromatic rings. The van der Waals surface area contributed by atoms with Gasteiger partial charge in [-0.05, 0) is 24.6 Å². The summed E-state index contributed by atoms with van der Waals surface area (Å²) in [5.74, 6) is -1.06. The first-order valence-electron chi connectivity index (χ1n) is 11.4. The highest BCUT2D eigenvalue weighted by Gasteiger charge is 2.32. The standard InChI is InChI=1S/C12H11F4N3.C12H18F2N2O2/c1-3-10-11(17-18-19(10)2)8-5-4-7(6-9(8)13)12(14,15)16;1-8(2)11(17)4-9(5-15-3)16-6-10(7-16)18-12(13)14/h4-6H,3H2,1-2H3;4-5,8,10,12H,6-7H2,1-3H3/b;9-4+,15-5?. The molecule has 1 aliphatic rings. The Balaban J connectivity index is 0.000000261. The average Bonchev–Trinajstić information content (AvgIpc) is 3.15. The van der Waals surface area contributed by atoms with Crippen LogP contribution in [0.1, 0.15) is 32.0 Å². The van der Waals surface area contributed by atoms with E-state index in [4.69, 9.17) is 0 Å². The molecule has 1 aromatic heterocycles. The number of ketones is 1. The van der Waals surface area contributed by atoms with Gasteiger partial charge >= 0.3 is 12.8 Å². The van der Waals surface area contributed by atoms with Crippen LogP contribution in [0.3, 0.4) is 0 Å². The normalized spacial score (nSPS) is 14.8. The number of allylic oxidation sites excluding steroid dienone is 2. The largest absolute Gasteiger partial charge is 0.416 e. The van der Waals surface area contributed by atoms with Gasteiger partial charge in [-0.25, -0.2) is 4.39 Å². The summed E-state index contributed by atoms with van der Waals surface area (Å²) >= 11 is 0. The van der Waals surface area contributed by atoms with E-state index in [1.54, 1.807) is 39.1 Å². The van der Waals surface area contributed by atoms with Gasteiger partial charge in [0.1, 0.15) is 11.5 Å². The van der Waals surface area contributed by atoms with Crippen LogP contribution in [0.15, 0.2) is 35.0 Å². The first-order chi connectivity index (χ1) is 17.3. The minimum absolute atomic E-state index is 0.0110. The number of aromatic nitrogens is 3. The van der Waals surface area contributed by atoms with Gasteiger partial charge in [-0.15, -0.1) is 5.10 Å². The summed E-state index contributed by atoms with van der Waals surface area (Å²) in [4.78, 5) is 17.3. The van der Waals surface area contributed by atoms with Crippen molar-refractivity contribution < 1.29 is 35.9 Å². The van der Waals surface area contributed by atoms with Crippen LogP contribution in [0.4, 0.5) is 26.3 Å². The van der Waals surface area contributed by atoms with E-state index < -0.39 is 30.3 Å². The van der Waals surface area contributed by atoms with Crippen LogP contribution >= 0.6 is 0 Å². The third kappa shape index (κ3) is 8.14. The van der Waals surface area contributed by atoms with E-state index in [0.717, 1.165) is 12.1 Å². The number of carbonyl (C=O) groups excluding carboxylic acids is 1. The predicted octanol–water partition coefficient (Wildman–Crippen LogP) is 4.92. The van der Waals surface area contributed by atoms with Gasteiger partial charge in [0, 0.05) is 51.0 Å². The van der Waals surface area contributed by atoms with E-state index in [0.29, 0.717) is 37.0 Å². The maximum Gasteiger partial charge on any atom is 0.416 e. The number of carbonyl (C=O) groups is 1. The Bertz CT molecular complexity index is 1120. The number of hydrogen-bond acceptors (Lipinski definition) is 6. The molecule has 1 aromatic carbocycles. The molecule has 3 rings (SSSR count). The van der Waals surface area contributed by atoms with E-state index in [2.05, 4.69) is 20.0 Å². The van der Waals surface area contributed by atoms with Crippen LogP contribution in [0.25, 0.3) is 11.3 Å². The lowest BCUT2D eigenvalue weighted by Gasteiger charge is -2.40. The van der Waals surface area contributed by atoms with E-state index in [1.807, 2.05) is 6.92 Å². The molecule has 0 radical (unpaired) electrons. The number of aryl methyl sites for hydroxylation is 1. The third-order valence-corrected chi connectivity index (χ3v) is 5.46. The monoisotopic (exact) mass is 533 g/mol. The molecule has 1 aliphatic heterocycles. The average molecular weight is 534 g/mol. The molecule has 1 fully saturated rings. The number of halogens is 6. The number of ether oxygens (including phenoxy) is 1. The van der Waals surface area contributed by atoms with Crippen LogP contribution in [-0.2, 0) is 29.2 Å². The van der Waals surface area contributed by atoms with Gasteiger partial charge in [0.05, 0.1) is 23.1 Å². The predicted molar refractivity (Wildman–Crippen MR) is 126 cm³/mol. The molecule has 0 N–H and O–H groups in total. The van der Waals surface area contributed by atoms with Crippen molar-refractivity contribution in [3.63, 3.8) is 0 Å². The van der Waals surface area contributed by atoms with Gasteiger partial charge in [-0.3, -0.25) is 14.5 Å². The van der Waals surface area contributed by atoms with Crippen molar-refractivity contribution in [1.29, 1.82) is 0 Å². The number of hydrogen-bond donors (Lipinski definition) is 0. The van der Waals surface area contributed by atoms with E-state index >= 15 is 0 Å². The molecule has 0 saturated carbocycles. The molecule has 0 aliphatic carbocycles. The van der Waals surface area contributed by atoms with E-state index in [1.165, 1.54) is 10.8 Å². The number of aliphatic imine (C=N–C) groups is 1. The molecule has 204 valence electrons. The zero-order valence-electron chi connectivity index (χ0n) is 21.1. The van der Waals surface area contributed by atoms with Gasteiger partial charge < -0.3 is 9.64 Å². The third-order valence-electron chi connectivity index (χ3n) is 5.46. The van der Waals surface area contributed by atoms with Gasteiger partial charge in [0.2, 0.25) is 0 Å². The molecule has 0 bridgehead atoms. The summed E-state index contributed by atoms with van der Waals surface area (Å²) < 4.78 is 80.9. The molecular formula is C24H29F6N5O2. The van der Waals surface area contributed by atoms with Crippen molar-refractivity contribution in [2.75, 3.05) is 20.1 Å². The lowest BCUT2D eigenvalue weighted by Crippen LogP contribution is -2.52. The molecule has 0 unspecified atom stereocenters. The minimum atomic E-state index is -4.56. The van der Waals surface area contributed by atoms with Crippen LogP contribution < -0.4 is 0 Å². The highest BCUT2D eigenvalue weighted by atomic mass is 19.4. The molecule has 7 nitrogen and oxygen atoms in total. The van der Waals surface area contributed by atoms with Crippen molar-refractivity contribution in [2.45, 2.75) is 46.1 Å². The molecule has 0 spiro atoms. The first-order valence-corrected chi connectivity index (χ1v) is 11.4. The fourth-order valence-electron chi connectivity index (χ4n) is 3.40. The molecular weight excluding hydrogens is 504 g/mol. The summed E-state index contributed by atoms with van der Waals surface area (Å²) in [7, 11) is 3.25. The Labute approximate surface area is 210 Å². The molecule has 0 atom stereocenters. The molecule has 13 heteroatoms. The van der Waals surface area contributed by atoms with Crippen LogP contribution in [0.2, 0.25) is 0 Å². The summed E-state index contributed by atoms with van der Waals surface area (Å²) in [6.07, 6.45) is -1.43. The summed E-state index contributed by atoms with van der Waals surface area (Å²) in [5, 5.41) is 7.56. The van der Waals surface area contributed by atoms with Gasteiger partial charge in [-0.2, -0.15) is 22.0 Å². The number of alkyl halides is 5. The second kappa shape index (κ2) is 12.8. The van der Waals surface area contributed by atoms with Crippen molar-refractivity contribution in [3.8, 4) is 11.3 Å². The lowest BCUT2D eigenvalue weighted by atomic mass is 10.1. The second-order valence-corrected chi connectivity index (χ2v) is 8.49. The summed E-state index contributed by atoms with van der Waals surface area (Å²) in [5.41, 5.74) is 0.592. The second-order valence-electron chi connectivity index (χ2n) is 8.49. The minimum Gasteiger partial charge on any atom is -0.365 e. The summed E-state index contributed by atoms with van der Waals surface area (Å²) in [6.45, 7) is 3.41. The highest BCUT2D eigenvalue weighted by Crippen LogP contribution is 2.33. The topological polar surface area (TPSA) is 72.6 Å².